The van der Waals surface area contributed by atoms with Crippen molar-refractivity contribution in [3.05, 3.63) is 35.4 Å². The average Bonchev–Trinajstić information content (AvgIpc) is 2.64. The molecule has 142 valence electrons. The van der Waals surface area contributed by atoms with Crippen LogP contribution in [-0.2, 0) is 4.79 Å². The predicted octanol–water partition coefficient (Wildman–Crippen LogP) is 3.58. The second-order valence-electron chi connectivity index (χ2n) is 8.22. The largest absolute Gasteiger partial charge is 0.352 e. The van der Waals surface area contributed by atoms with Gasteiger partial charge in [0.2, 0.25) is 5.91 Å². The Morgan fingerprint density at radius 3 is 2.35 bits per heavy atom. The molecule has 2 aliphatic rings. The molecule has 4 heteroatoms. The fourth-order valence-electron chi connectivity index (χ4n) is 4.29. The van der Waals surface area contributed by atoms with E-state index in [1.807, 2.05) is 31.2 Å². The number of Topliss-reactive ketones (excluding diaryl/α,β-unsaturated/α-hetero) is 1. The zero-order valence-electron chi connectivity index (χ0n) is 16.2. The molecule has 1 aliphatic carbocycles. The fourth-order valence-corrected chi connectivity index (χ4v) is 4.29. The van der Waals surface area contributed by atoms with Crippen molar-refractivity contribution >= 4 is 11.7 Å². The molecular weight excluding hydrogens is 324 g/mol. The number of likely N-dealkylation sites (tertiary alicyclic amines) is 1. The van der Waals surface area contributed by atoms with Crippen LogP contribution < -0.4 is 5.32 Å². The first-order valence-corrected chi connectivity index (χ1v) is 10.2. The molecule has 1 saturated carbocycles. The number of amides is 1. The lowest BCUT2D eigenvalue weighted by Crippen LogP contribution is -2.47. The van der Waals surface area contributed by atoms with Crippen molar-refractivity contribution in [3.63, 3.8) is 0 Å². The Bertz CT molecular complexity index is 618. The van der Waals surface area contributed by atoms with Crippen molar-refractivity contribution in [2.24, 2.45) is 11.8 Å². The molecule has 2 atom stereocenters. The normalized spacial score (nSPS) is 25.0. The van der Waals surface area contributed by atoms with Crippen LogP contribution in [0.4, 0.5) is 0 Å². The fraction of sp³-hybridized carbons (Fsp3) is 0.636. The third-order valence-electron chi connectivity index (χ3n) is 6.12. The van der Waals surface area contributed by atoms with Gasteiger partial charge in [-0.25, -0.2) is 0 Å². The zero-order valence-corrected chi connectivity index (χ0v) is 16.2. The van der Waals surface area contributed by atoms with Gasteiger partial charge in [0.1, 0.15) is 0 Å². The number of ketones is 1. The summed E-state index contributed by atoms with van der Waals surface area (Å²) in [5.74, 6) is 1.08. The summed E-state index contributed by atoms with van der Waals surface area (Å²) in [6.07, 6.45) is 6.54. The second-order valence-corrected chi connectivity index (χ2v) is 8.22. The quantitative estimate of drug-likeness (QED) is 0.820. The molecule has 1 aromatic carbocycles. The number of benzene rings is 1. The van der Waals surface area contributed by atoms with E-state index in [2.05, 4.69) is 17.1 Å². The summed E-state index contributed by atoms with van der Waals surface area (Å²) in [5.41, 5.74) is 1.99. The third kappa shape index (κ3) is 4.94. The Morgan fingerprint density at radius 1 is 1.04 bits per heavy atom. The average molecular weight is 357 g/mol. The van der Waals surface area contributed by atoms with Crippen LogP contribution in [0.15, 0.2) is 24.3 Å². The molecule has 1 N–H and O–H groups in total. The van der Waals surface area contributed by atoms with Gasteiger partial charge < -0.3 is 5.32 Å². The minimum atomic E-state index is 0.0929. The van der Waals surface area contributed by atoms with E-state index in [4.69, 9.17) is 0 Å². The monoisotopic (exact) mass is 356 g/mol. The van der Waals surface area contributed by atoms with Crippen LogP contribution in [0.2, 0.25) is 0 Å². The van der Waals surface area contributed by atoms with Crippen molar-refractivity contribution in [2.45, 2.75) is 58.4 Å². The number of carbonyl (C=O) groups excluding carboxylic acids is 2. The van der Waals surface area contributed by atoms with Crippen LogP contribution in [0.3, 0.4) is 0 Å². The Kier molecular flexibility index (Phi) is 6.47. The lowest BCUT2D eigenvalue weighted by molar-refractivity contribution is -0.123. The van der Waals surface area contributed by atoms with Gasteiger partial charge in [0, 0.05) is 17.5 Å². The highest BCUT2D eigenvalue weighted by molar-refractivity contribution is 5.97. The maximum atomic E-state index is 12.6. The molecule has 0 aromatic heterocycles. The first-order valence-electron chi connectivity index (χ1n) is 10.2. The molecule has 4 nitrogen and oxygen atoms in total. The van der Waals surface area contributed by atoms with Gasteiger partial charge in [0.15, 0.2) is 5.78 Å². The topological polar surface area (TPSA) is 49.4 Å². The van der Waals surface area contributed by atoms with Crippen molar-refractivity contribution in [2.75, 3.05) is 19.6 Å². The van der Waals surface area contributed by atoms with E-state index < -0.39 is 0 Å². The van der Waals surface area contributed by atoms with Crippen molar-refractivity contribution < 1.29 is 9.59 Å². The molecule has 2 unspecified atom stereocenters. The van der Waals surface area contributed by atoms with Crippen LogP contribution in [0.5, 0.6) is 0 Å². The number of aryl methyl sites for hydroxylation is 1. The van der Waals surface area contributed by atoms with Gasteiger partial charge in [-0.2, -0.15) is 0 Å². The Hall–Kier alpha value is -1.68. The summed E-state index contributed by atoms with van der Waals surface area (Å²) in [4.78, 5) is 27.2. The minimum Gasteiger partial charge on any atom is -0.352 e. The van der Waals surface area contributed by atoms with Crippen LogP contribution in [0.25, 0.3) is 0 Å². The predicted molar refractivity (Wildman–Crippen MR) is 104 cm³/mol. The second kappa shape index (κ2) is 8.81. The summed E-state index contributed by atoms with van der Waals surface area (Å²) in [6, 6.07) is 8.21. The number of nitrogens with zero attached hydrogens (tertiary/aromatic N) is 1. The van der Waals surface area contributed by atoms with E-state index in [9.17, 15) is 9.59 Å². The molecule has 26 heavy (non-hydrogen) atoms. The lowest BCUT2D eigenvalue weighted by atomic mass is 9.86. The van der Waals surface area contributed by atoms with E-state index in [1.54, 1.807) is 0 Å². The molecule has 1 aromatic rings. The highest BCUT2D eigenvalue weighted by Crippen LogP contribution is 2.24. The summed E-state index contributed by atoms with van der Waals surface area (Å²) < 4.78 is 0. The molecule has 2 fully saturated rings. The summed E-state index contributed by atoms with van der Waals surface area (Å²) in [5, 5.41) is 3.23. The smallest absolute Gasteiger partial charge is 0.234 e. The minimum absolute atomic E-state index is 0.0929. The van der Waals surface area contributed by atoms with E-state index in [1.165, 1.54) is 24.8 Å². The highest BCUT2D eigenvalue weighted by atomic mass is 16.2. The number of rotatable bonds is 5. The van der Waals surface area contributed by atoms with Gasteiger partial charge in [-0.05, 0) is 51.6 Å². The molecule has 0 bridgehead atoms. The van der Waals surface area contributed by atoms with Gasteiger partial charge >= 0.3 is 0 Å². The van der Waals surface area contributed by atoms with Gasteiger partial charge in [-0.3, -0.25) is 14.5 Å². The molecule has 0 radical (unpaired) electrons. The van der Waals surface area contributed by atoms with E-state index in [0.29, 0.717) is 18.5 Å². The highest BCUT2D eigenvalue weighted by Gasteiger charge is 2.28. The molecule has 1 aliphatic heterocycles. The summed E-state index contributed by atoms with van der Waals surface area (Å²) in [6.45, 7) is 6.40. The van der Waals surface area contributed by atoms with E-state index >= 15 is 0 Å². The number of hydrogen-bond donors (Lipinski definition) is 1. The van der Waals surface area contributed by atoms with Crippen molar-refractivity contribution in [1.29, 1.82) is 0 Å². The molecule has 1 heterocycles. The van der Waals surface area contributed by atoms with Gasteiger partial charge in [0.25, 0.3) is 0 Å². The van der Waals surface area contributed by atoms with E-state index in [0.717, 1.165) is 37.9 Å². The Balaban J connectivity index is 1.44. The number of piperidine rings is 1. The standard InChI is InChI=1S/C22H32N2O2/c1-16-7-9-18(10-8-16)22(26)19-11-13-24(14-12-19)15-21(25)23-20-6-4-3-5-17(20)2/h7-10,17,19-20H,3-6,11-15H2,1-2H3,(H,23,25). The number of carbonyl (C=O) groups is 2. The Morgan fingerprint density at radius 2 is 1.69 bits per heavy atom. The molecule has 1 saturated heterocycles. The summed E-state index contributed by atoms with van der Waals surface area (Å²) >= 11 is 0. The zero-order chi connectivity index (χ0) is 18.5. The molecule has 1 amide bonds. The lowest BCUT2D eigenvalue weighted by Gasteiger charge is -2.33. The molecule has 3 rings (SSSR count). The van der Waals surface area contributed by atoms with Gasteiger partial charge in [-0.1, -0.05) is 49.6 Å². The van der Waals surface area contributed by atoms with Crippen LogP contribution >= 0.6 is 0 Å². The Labute approximate surface area is 157 Å². The van der Waals surface area contributed by atoms with Gasteiger partial charge in [-0.15, -0.1) is 0 Å². The maximum absolute atomic E-state index is 12.6. The van der Waals surface area contributed by atoms with E-state index in [-0.39, 0.29) is 17.6 Å². The molecule has 0 spiro atoms. The first kappa shape index (κ1) is 19.1. The third-order valence-corrected chi connectivity index (χ3v) is 6.12. The summed E-state index contributed by atoms with van der Waals surface area (Å²) in [7, 11) is 0. The molecular formula is C22H32N2O2. The van der Waals surface area contributed by atoms with Crippen molar-refractivity contribution in [1.82, 2.24) is 10.2 Å². The van der Waals surface area contributed by atoms with Gasteiger partial charge in [0.05, 0.1) is 6.54 Å². The van der Waals surface area contributed by atoms with Crippen LogP contribution in [0.1, 0.15) is 61.4 Å². The maximum Gasteiger partial charge on any atom is 0.234 e. The van der Waals surface area contributed by atoms with Crippen LogP contribution in [-0.4, -0.2) is 42.3 Å². The van der Waals surface area contributed by atoms with Crippen LogP contribution in [0, 0.1) is 18.8 Å². The number of hydrogen-bond acceptors (Lipinski definition) is 3. The van der Waals surface area contributed by atoms with Crippen molar-refractivity contribution in [3.8, 4) is 0 Å². The first-order chi connectivity index (χ1) is 12.5. The SMILES string of the molecule is Cc1ccc(C(=O)C2CCN(CC(=O)NC3CCCCC3C)CC2)cc1. The number of nitrogens with one attached hydrogen (secondary N) is 1.